The highest BCUT2D eigenvalue weighted by molar-refractivity contribution is 7.71. The van der Waals surface area contributed by atoms with Crippen LogP contribution >= 0.6 is 12.2 Å². The molecule has 0 saturated carbocycles. The summed E-state index contributed by atoms with van der Waals surface area (Å²) in [7, 11) is 0. The van der Waals surface area contributed by atoms with E-state index in [9.17, 15) is 0 Å². The summed E-state index contributed by atoms with van der Waals surface area (Å²) in [6.07, 6.45) is 5.33. The summed E-state index contributed by atoms with van der Waals surface area (Å²) in [5.41, 5.74) is 4.25. The van der Waals surface area contributed by atoms with Gasteiger partial charge in [-0.2, -0.15) is 0 Å². The number of terminal acetylenes is 1. The molecule has 3 nitrogen and oxygen atoms in total. The molecule has 138 valence electrons. The number of nitrogens with zero attached hydrogens (tertiary/aromatic N) is 2. The molecule has 0 saturated heterocycles. The summed E-state index contributed by atoms with van der Waals surface area (Å²) < 4.78 is 8.29. The van der Waals surface area contributed by atoms with Crippen molar-refractivity contribution in [3.63, 3.8) is 0 Å². The fraction of sp³-hybridized carbons (Fsp3) is 0.304. The molecule has 27 heavy (non-hydrogen) atoms. The van der Waals surface area contributed by atoms with Crippen LogP contribution in [0.4, 0.5) is 0 Å². The van der Waals surface area contributed by atoms with E-state index >= 15 is 0 Å². The second kappa shape index (κ2) is 7.94. The Morgan fingerprint density at radius 2 is 1.81 bits per heavy atom. The normalized spacial score (nSPS) is 11.1. The summed E-state index contributed by atoms with van der Waals surface area (Å²) in [5, 5.41) is 1.00. The number of fused-ring (bicyclic) bond motifs is 1. The molecule has 0 amide bonds. The summed E-state index contributed by atoms with van der Waals surface area (Å²) in [6, 6.07) is 14.7. The Kier molecular flexibility index (Phi) is 5.62. The lowest BCUT2D eigenvalue weighted by molar-refractivity contribution is 0.371. The van der Waals surface area contributed by atoms with E-state index in [1.54, 1.807) is 0 Å². The third kappa shape index (κ3) is 3.89. The Morgan fingerprint density at radius 3 is 2.41 bits per heavy atom. The van der Waals surface area contributed by atoms with Crippen LogP contribution in [-0.2, 0) is 0 Å². The molecule has 0 N–H and O–H groups in total. The van der Waals surface area contributed by atoms with Gasteiger partial charge >= 0.3 is 0 Å². The standard InChI is InChI=1S/C23H24N2OS/c1-6-13-26-19-11-12-21-20(14-19)22(24-23(27)25(21)16(4)5)18-9-7-17(8-10-18)15(2)3/h1,7-12,14-16H,13H2,2-5H3. The molecule has 3 aromatic rings. The van der Waals surface area contributed by atoms with Crippen LogP contribution in [0.3, 0.4) is 0 Å². The van der Waals surface area contributed by atoms with Gasteiger partial charge in [-0.3, -0.25) is 0 Å². The van der Waals surface area contributed by atoms with Crippen molar-refractivity contribution in [2.45, 2.75) is 39.7 Å². The molecule has 1 heterocycles. The first-order chi connectivity index (χ1) is 12.9. The lowest BCUT2D eigenvalue weighted by atomic mass is 9.99. The Labute approximate surface area is 166 Å². The van der Waals surface area contributed by atoms with Gasteiger partial charge in [-0.25, -0.2) is 4.98 Å². The Balaban J connectivity index is 2.25. The quantitative estimate of drug-likeness (QED) is 0.395. The molecule has 2 aromatic carbocycles. The van der Waals surface area contributed by atoms with Crippen molar-refractivity contribution in [1.82, 2.24) is 9.55 Å². The van der Waals surface area contributed by atoms with Gasteiger partial charge in [-0.15, -0.1) is 6.42 Å². The molecule has 0 aliphatic heterocycles. The number of benzene rings is 2. The number of rotatable bonds is 5. The minimum Gasteiger partial charge on any atom is -0.481 e. The highest BCUT2D eigenvalue weighted by Crippen LogP contribution is 2.32. The highest BCUT2D eigenvalue weighted by atomic mass is 32.1. The highest BCUT2D eigenvalue weighted by Gasteiger charge is 2.14. The van der Waals surface area contributed by atoms with Crippen LogP contribution in [0.25, 0.3) is 22.2 Å². The lowest BCUT2D eigenvalue weighted by Gasteiger charge is -2.18. The van der Waals surface area contributed by atoms with Crippen molar-refractivity contribution < 1.29 is 4.74 Å². The Morgan fingerprint density at radius 1 is 1.11 bits per heavy atom. The number of hydrogen-bond donors (Lipinski definition) is 0. The molecule has 3 rings (SSSR count). The lowest BCUT2D eigenvalue weighted by Crippen LogP contribution is -2.08. The van der Waals surface area contributed by atoms with Crippen LogP contribution < -0.4 is 4.74 Å². The molecule has 0 aliphatic carbocycles. The monoisotopic (exact) mass is 376 g/mol. The second-order valence-corrected chi connectivity index (χ2v) is 7.52. The summed E-state index contributed by atoms with van der Waals surface area (Å²) in [5.74, 6) is 3.72. The van der Waals surface area contributed by atoms with Crippen LogP contribution in [0.5, 0.6) is 5.75 Å². The van der Waals surface area contributed by atoms with E-state index in [0.29, 0.717) is 10.7 Å². The van der Waals surface area contributed by atoms with Gasteiger partial charge in [0.05, 0.1) is 11.2 Å². The largest absolute Gasteiger partial charge is 0.481 e. The van der Waals surface area contributed by atoms with Gasteiger partial charge in [0, 0.05) is 17.0 Å². The number of hydrogen-bond acceptors (Lipinski definition) is 3. The molecule has 0 aliphatic rings. The average Bonchev–Trinajstić information content (AvgIpc) is 2.65. The molecule has 0 radical (unpaired) electrons. The maximum absolute atomic E-state index is 5.64. The fourth-order valence-electron chi connectivity index (χ4n) is 3.19. The number of aromatic nitrogens is 2. The van der Waals surface area contributed by atoms with Crippen LogP contribution in [0.1, 0.15) is 45.2 Å². The third-order valence-corrected chi connectivity index (χ3v) is 4.87. The summed E-state index contributed by atoms with van der Waals surface area (Å²) in [4.78, 5) is 4.77. The van der Waals surface area contributed by atoms with Gasteiger partial charge in [0.25, 0.3) is 0 Å². The molecule has 0 spiro atoms. The molecular weight excluding hydrogens is 352 g/mol. The SMILES string of the molecule is C#CCOc1ccc2c(c1)c(-c1ccc(C(C)C)cc1)nc(=S)n2C(C)C. The van der Waals surface area contributed by atoms with E-state index in [0.717, 1.165) is 27.9 Å². The first-order valence-electron chi connectivity index (χ1n) is 9.15. The maximum atomic E-state index is 5.64. The molecule has 0 unspecified atom stereocenters. The first kappa shape index (κ1) is 19.1. The molecule has 4 heteroatoms. The zero-order chi connectivity index (χ0) is 19.6. The van der Waals surface area contributed by atoms with Crippen molar-refractivity contribution >= 4 is 23.1 Å². The smallest absolute Gasteiger partial charge is 0.200 e. The Hall–Kier alpha value is -2.64. The number of ether oxygens (including phenoxy) is 1. The molecule has 0 fully saturated rings. The van der Waals surface area contributed by atoms with Gasteiger partial charge in [-0.05, 0) is 55.7 Å². The van der Waals surface area contributed by atoms with Crippen molar-refractivity contribution in [2.24, 2.45) is 0 Å². The van der Waals surface area contributed by atoms with Crippen molar-refractivity contribution in [3.8, 4) is 29.4 Å². The maximum Gasteiger partial charge on any atom is 0.200 e. The first-order valence-corrected chi connectivity index (χ1v) is 9.56. The van der Waals surface area contributed by atoms with Gasteiger partial charge in [0.15, 0.2) is 0 Å². The van der Waals surface area contributed by atoms with E-state index in [-0.39, 0.29) is 12.6 Å². The summed E-state index contributed by atoms with van der Waals surface area (Å²) in [6.45, 7) is 8.83. The van der Waals surface area contributed by atoms with Gasteiger partial charge < -0.3 is 9.30 Å². The molecular formula is C23H24N2OS. The predicted molar refractivity (Wildman–Crippen MR) is 115 cm³/mol. The molecule has 0 atom stereocenters. The van der Waals surface area contributed by atoms with Crippen LogP contribution in [0, 0.1) is 17.1 Å². The van der Waals surface area contributed by atoms with Crippen molar-refractivity contribution in [1.29, 1.82) is 0 Å². The summed E-state index contributed by atoms with van der Waals surface area (Å²) >= 11 is 5.61. The van der Waals surface area contributed by atoms with Crippen LogP contribution in [-0.4, -0.2) is 16.2 Å². The van der Waals surface area contributed by atoms with Crippen molar-refractivity contribution in [3.05, 3.63) is 52.8 Å². The molecule has 1 aromatic heterocycles. The minimum atomic E-state index is 0.211. The van der Waals surface area contributed by atoms with Crippen molar-refractivity contribution in [2.75, 3.05) is 6.61 Å². The predicted octanol–water partition coefficient (Wildman–Crippen LogP) is 6.15. The minimum absolute atomic E-state index is 0.211. The van der Waals surface area contributed by atoms with E-state index in [2.05, 4.69) is 62.4 Å². The van der Waals surface area contributed by atoms with E-state index in [1.165, 1.54) is 5.56 Å². The second-order valence-electron chi connectivity index (χ2n) is 7.16. The fourth-order valence-corrected chi connectivity index (χ4v) is 3.59. The van der Waals surface area contributed by atoms with E-state index in [1.807, 2.05) is 18.2 Å². The van der Waals surface area contributed by atoms with E-state index in [4.69, 9.17) is 28.4 Å². The topological polar surface area (TPSA) is 27.1 Å². The molecule has 0 bridgehead atoms. The zero-order valence-corrected chi connectivity index (χ0v) is 17.0. The van der Waals surface area contributed by atoms with E-state index < -0.39 is 0 Å². The Bertz CT molecular complexity index is 1060. The van der Waals surface area contributed by atoms with Gasteiger partial charge in [-0.1, -0.05) is 44.0 Å². The average molecular weight is 377 g/mol. The van der Waals surface area contributed by atoms with Crippen LogP contribution in [0.2, 0.25) is 0 Å². The van der Waals surface area contributed by atoms with Gasteiger partial charge in [0.2, 0.25) is 4.77 Å². The zero-order valence-electron chi connectivity index (χ0n) is 16.2. The van der Waals surface area contributed by atoms with Crippen LogP contribution in [0.15, 0.2) is 42.5 Å². The third-order valence-electron chi connectivity index (χ3n) is 4.59. The van der Waals surface area contributed by atoms with Gasteiger partial charge in [0.1, 0.15) is 12.4 Å².